The second-order valence-corrected chi connectivity index (χ2v) is 6.99. The summed E-state index contributed by atoms with van der Waals surface area (Å²) in [6, 6.07) is 7.23. The highest BCUT2D eigenvalue weighted by atomic mass is 32.2. The van der Waals surface area contributed by atoms with Gasteiger partial charge in [0.05, 0.1) is 11.5 Å². The molecule has 0 amide bonds. The molecule has 0 radical (unpaired) electrons. The Labute approximate surface area is 107 Å². The number of rotatable bonds is 3. The van der Waals surface area contributed by atoms with Crippen LogP contribution in [0.2, 0.25) is 0 Å². The van der Waals surface area contributed by atoms with Gasteiger partial charge in [0, 0.05) is 6.42 Å². The highest BCUT2D eigenvalue weighted by molar-refractivity contribution is 7.91. The minimum Gasteiger partial charge on any atom is -0.427 e. The molecule has 1 fully saturated rings. The van der Waals surface area contributed by atoms with Crippen molar-refractivity contribution >= 4 is 15.8 Å². The molecule has 1 aromatic rings. The highest BCUT2D eigenvalue weighted by Crippen LogP contribution is 2.22. The van der Waals surface area contributed by atoms with Crippen LogP contribution in [0.15, 0.2) is 24.3 Å². The molecule has 1 aliphatic heterocycles. The Kier molecular flexibility index (Phi) is 3.71. The van der Waals surface area contributed by atoms with E-state index in [-0.39, 0.29) is 29.8 Å². The van der Waals surface area contributed by atoms with Crippen LogP contribution in [-0.2, 0) is 14.6 Å². The van der Waals surface area contributed by atoms with Crippen molar-refractivity contribution in [2.75, 3.05) is 11.5 Å². The third-order valence-corrected chi connectivity index (χ3v) is 4.84. The summed E-state index contributed by atoms with van der Waals surface area (Å²) in [5.74, 6) is 0.363. The maximum Gasteiger partial charge on any atom is 0.311 e. The molecule has 2 rings (SSSR count). The molecule has 0 unspecified atom stereocenters. The predicted molar refractivity (Wildman–Crippen MR) is 68.2 cm³/mol. The SMILES string of the molecule is Cc1cccc(OC(=O)C[C@H]2CCS(=O)(=O)C2)c1. The van der Waals surface area contributed by atoms with Crippen molar-refractivity contribution in [1.82, 2.24) is 0 Å². The van der Waals surface area contributed by atoms with E-state index in [1.807, 2.05) is 19.1 Å². The lowest BCUT2D eigenvalue weighted by Gasteiger charge is -2.08. The Morgan fingerprint density at radius 2 is 2.22 bits per heavy atom. The number of benzene rings is 1. The highest BCUT2D eigenvalue weighted by Gasteiger charge is 2.29. The Balaban J connectivity index is 1.90. The summed E-state index contributed by atoms with van der Waals surface area (Å²) in [4.78, 5) is 11.7. The monoisotopic (exact) mass is 268 g/mol. The molecule has 0 bridgehead atoms. The van der Waals surface area contributed by atoms with Crippen LogP contribution >= 0.6 is 0 Å². The molecular formula is C13H16O4S. The number of sulfone groups is 1. The Morgan fingerprint density at radius 1 is 1.44 bits per heavy atom. The number of esters is 1. The van der Waals surface area contributed by atoms with Crippen LogP contribution in [0.3, 0.4) is 0 Å². The molecule has 4 nitrogen and oxygen atoms in total. The fraction of sp³-hybridized carbons (Fsp3) is 0.462. The molecule has 0 saturated carbocycles. The van der Waals surface area contributed by atoms with Gasteiger partial charge in [0.25, 0.3) is 0 Å². The van der Waals surface area contributed by atoms with E-state index in [4.69, 9.17) is 4.74 Å². The molecular weight excluding hydrogens is 252 g/mol. The molecule has 1 atom stereocenters. The van der Waals surface area contributed by atoms with Gasteiger partial charge in [-0.05, 0) is 37.0 Å². The van der Waals surface area contributed by atoms with Crippen molar-refractivity contribution in [3.05, 3.63) is 29.8 Å². The largest absolute Gasteiger partial charge is 0.427 e. The van der Waals surface area contributed by atoms with Crippen molar-refractivity contribution in [3.63, 3.8) is 0 Å². The van der Waals surface area contributed by atoms with Crippen molar-refractivity contribution in [2.24, 2.45) is 5.92 Å². The van der Waals surface area contributed by atoms with E-state index in [9.17, 15) is 13.2 Å². The Morgan fingerprint density at radius 3 is 2.83 bits per heavy atom. The van der Waals surface area contributed by atoms with Crippen molar-refractivity contribution < 1.29 is 17.9 Å². The van der Waals surface area contributed by atoms with Crippen LogP contribution in [0.25, 0.3) is 0 Å². The molecule has 1 heterocycles. The van der Waals surface area contributed by atoms with E-state index in [1.54, 1.807) is 12.1 Å². The van der Waals surface area contributed by atoms with Gasteiger partial charge in [-0.25, -0.2) is 8.42 Å². The lowest BCUT2D eigenvalue weighted by Crippen LogP contribution is -2.15. The first-order chi connectivity index (χ1) is 8.44. The molecule has 0 aliphatic carbocycles. The maximum atomic E-state index is 11.7. The third kappa shape index (κ3) is 3.57. The smallest absolute Gasteiger partial charge is 0.311 e. The minimum absolute atomic E-state index is 0.0905. The van der Waals surface area contributed by atoms with Gasteiger partial charge >= 0.3 is 5.97 Å². The number of hydrogen-bond donors (Lipinski definition) is 0. The van der Waals surface area contributed by atoms with Crippen LogP contribution in [0, 0.1) is 12.8 Å². The van der Waals surface area contributed by atoms with Crippen molar-refractivity contribution in [1.29, 1.82) is 0 Å². The summed E-state index contributed by atoms with van der Waals surface area (Å²) in [5, 5.41) is 0. The Hall–Kier alpha value is -1.36. The first-order valence-electron chi connectivity index (χ1n) is 5.92. The normalized spacial score (nSPS) is 21.7. The number of hydrogen-bond acceptors (Lipinski definition) is 4. The third-order valence-electron chi connectivity index (χ3n) is 3.00. The summed E-state index contributed by atoms with van der Waals surface area (Å²) in [6.07, 6.45) is 0.735. The zero-order chi connectivity index (χ0) is 13.2. The molecule has 98 valence electrons. The van der Waals surface area contributed by atoms with Crippen molar-refractivity contribution in [3.8, 4) is 5.75 Å². The van der Waals surface area contributed by atoms with E-state index in [0.717, 1.165) is 5.56 Å². The van der Waals surface area contributed by atoms with Crippen molar-refractivity contribution in [2.45, 2.75) is 19.8 Å². The quantitative estimate of drug-likeness (QED) is 0.618. The summed E-state index contributed by atoms with van der Waals surface area (Å²) >= 11 is 0. The maximum absolute atomic E-state index is 11.7. The average Bonchev–Trinajstić information content (AvgIpc) is 2.57. The van der Waals surface area contributed by atoms with Gasteiger partial charge in [-0.15, -0.1) is 0 Å². The first-order valence-corrected chi connectivity index (χ1v) is 7.74. The zero-order valence-electron chi connectivity index (χ0n) is 10.3. The number of ether oxygens (including phenoxy) is 1. The van der Waals surface area contributed by atoms with E-state index in [1.165, 1.54) is 0 Å². The summed E-state index contributed by atoms with van der Waals surface area (Å²) in [5.41, 5.74) is 1.02. The zero-order valence-corrected chi connectivity index (χ0v) is 11.1. The lowest BCUT2D eigenvalue weighted by molar-refractivity contribution is -0.135. The van der Waals surface area contributed by atoms with Gasteiger partial charge in [0.15, 0.2) is 9.84 Å². The van der Waals surface area contributed by atoms with E-state index >= 15 is 0 Å². The minimum atomic E-state index is -2.93. The number of carbonyl (C=O) groups excluding carboxylic acids is 1. The number of carbonyl (C=O) groups is 1. The molecule has 18 heavy (non-hydrogen) atoms. The Bertz CT molecular complexity index is 548. The van der Waals surface area contributed by atoms with Gasteiger partial charge in [-0.2, -0.15) is 0 Å². The topological polar surface area (TPSA) is 60.4 Å². The molecule has 0 spiro atoms. The fourth-order valence-electron chi connectivity index (χ4n) is 2.12. The molecule has 0 aromatic heterocycles. The van der Waals surface area contributed by atoms with Crippen LogP contribution in [0.4, 0.5) is 0 Å². The van der Waals surface area contributed by atoms with Gasteiger partial charge in [-0.1, -0.05) is 12.1 Å². The summed E-state index contributed by atoms with van der Waals surface area (Å²) in [6.45, 7) is 1.92. The number of aryl methyl sites for hydroxylation is 1. The summed E-state index contributed by atoms with van der Waals surface area (Å²) in [7, 11) is -2.93. The first kappa shape index (κ1) is 13.1. The standard InChI is InChI=1S/C13H16O4S/c1-10-3-2-4-12(7-10)17-13(14)8-11-5-6-18(15,16)9-11/h2-4,7,11H,5-6,8-9H2,1H3/t11-/m1/s1. The van der Waals surface area contributed by atoms with Crippen LogP contribution in [0.1, 0.15) is 18.4 Å². The molecule has 1 aliphatic rings. The molecule has 1 saturated heterocycles. The molecule has 0 N–H and O–H groups in total. The molecule has 1 aromatic carbocycles. The average molecular weight is 268 g/mol. The van der Waals surface area contributed by atoms with Gasteiger partial charge in [0.1, 0.15) is 5.75 Å². The van der Waals surface area contributed by atoms with Crippen LogP contribution in [-0.4, -0.2) is 25.9 Å². The lowest BCUT2D eigenvalue weighted by atomic mass is 10.1. The second-order valence-electron chi connectivity index (χ2n) is 4.76. The second kappa shape index (κ2) is 5.10. The fourth-order valence-corrected chi connectivity index (χ4v) is 3.98. The van der Waals surface area contributed by atoms with Gasteiger partial charge in [0.2, 0.25) is 0 Å². The van der Waals surface area contributed by atoms with E-state index in [0.29, 0.717) is 12.2 Å². The predicted octanol–water partition coefficient (Wildman–Crippen LogP) is 1.73. The molecule has 5 heteroatoms. The van der Waals surface area contributed by atoms with E-state index < -0.39 is 9.84 Å². The van der Waals surface area contributed by atoms with Crippen LogP contribution < -0.4 is 4.74 Å². The van der Waals surface area contributed by atoms with Crippen LogP contribution in [0.5, 0.6) is 5.75 Å². The van der Waals surface area contributed by atoms with E-state index in [2.05, 4.69) is 0 Å². The van der Waals surface area contributed by atoms with Gasteiger partial charge < -0.3 is 4.74 Å². The summed E-state index contributed by atoms with van der Waals surface area (Å²) < 4.78 is 27.7. The van der Waals surface area contributed by atoms with Gasteiger partial charge in [-0.3, -0.25) is 4.79 Å².